The van der Waals surface area contributed by atoms with Crippen LogP contribution in [0.25, 0.3) is 0 Å². The highest BCUT2D eigenvalue weighted by molar-refractivity contribution is 6.84. The van der Waals surface area contributed by atoms with Gasteiger partial charge in [0.15, 0.2) is 0 Å². The summed E-state index contributed by atoms with van der Waals surface area (Å²) in [7, 11) is -1.35. The van der Waals surface area contributed by atoms with Crippen molar-refractivity contribution in [3.63, 3.8) is 0 Å². The lowest BCUT2D eigenvalue weighted by atomic mass is 9.82. The molecule has 0 N–H and O–H groups in total. The van der Waals surface area contributed by atoms with Crippen LogP contribution in [0.5, 0.6) is 0 Å². The van der Waals surface area contributed by atoms with Gasteiger partial charge in [0.05, 0.1) is 0 Å². The van der Waals surface area contributed by atoms with Crippen LogP contribution in [-0.2, 0) is 4.79 Å². The normalized spacial score (nSPS) is 17.2. The summed E-state index contributed by atoms with van der Waals surface area (Å²) in [6, 6.07) is 0. The highest BCUT2D eigenvalue weighted by Crippen LogP contribution is 2.29. The summed E-state index contributed by atoms with van der Waals surface area (Å²) < 4.78 is 0. The first-order valence-electron chi connectivity index (χ1n) is 5.03. The lowest BCUT2D eigenvalue weighted by Crippen LogP contribution is -2.18. The molecule has 0 aromatic heterocycles. The second-order valence-corrected chi connectivity index (χ2v) is 9.67. The van der Waals surface area contributed by atoms with E-state index in [9.17, 15) is 4.79 Å². The van der Waals surface area contributed by atoms with E-state index < -0.39 is 8.07 Å². The molecular formula is C11H18OSi. The van der Waals surface area contributed by atoms with Crippen LogP contribution >= 0.6 is 0 Å². The second-order valence-electron chi connectivity index (χ2n) is 4.92. The van der Waals surface area contributed by atoms with E-state index in [4.69, 9.17) is 0 Å². The molecule has 2 heteroatoms. The minimum Gasteiger partial charge on any atom is -0.285 e. The van der Waals surface area contributed by atoms with E-state index in [1.807, 2.05) is 0 Å². The van der Waals surface area contributed by atoms with Crippen molar-refractivity contribution in [2.45, 2.75) is 45.3 Å². The molecule has 1 saturated carbocycles. The van der Waals surface area contributed by atoms with E-state index in [2.05, 4.69) is 31.1 Å². The molecule has 1 nitrogen and oxygen atoms in total. The molecule has 0 bridgehead atoms. The smallest absolute Gasteiger partial charge is 0.205 e. The predicted molar refractivity (Wildman–Crippen MR) is 58.1 cm³/mol. The Morgan fingerprint density at radius 1 is 1.38 bits per heavy atom. The fraction of sp³-hybridized carbons (Fsp3) is 0.727. The highest BCUT2D eigenvalue weighted by Gasteiger charge is 2.19. The molecule has 1 aliphatic rings. The number of rotatable bonds is 2. The van der Waals surface area contributed by atoms with Gasteiger partial charge >= 0.3 is 0 Å². The molecule has 1 rings (SSSR count). The molecule has 0 saturated heterocycles. The summed E-state index contributed by atoms with van der Waals surface area (Å²) in [5, 5.41) is 0. The molecule has 72 valence electrons. The van der Waals surface area contributed by atoms with Crippen LogP contribution in [0.4, 0.5) is 0 Å². The quantitative estimate of drug-likeness (QED) is 0.488. The monoisotopic (exact) mass is 194 g/mol. The Balaban J connectivity index is 2.34. The number of ketones is 1. The van der Waals surface area contributed by atoms with Gasteiger partial charge in [-0.3, -0.25) is 4.79 Å². The van der Waals surface area contributed by atoms with Crippen LogP contribution in [0, 0.1) is 17.4 Å². The van der Waals surface area contributed by atoms with Crippen LogP contribution in [-0.4, -0.2) is 13.9 Å². The summed E-state index contributed by atoms with van der Waals surface area (Å²) in [6.45, 7) is 6.49. The van der Waals surface area contributed by atoms with E-state index in [0.717, 1.165) is 0 Å². The molecule has 0 spiro atoms. The van der Waals surface area contributed by atoms with Gasteiger partial charge in [0.1, 0.15) is 8.07 Å². The fourth-order valence-corrected chi connectivity index (χ4v) is 1.78. The summed E-state index contributed by atoms with van der Waals surface area (Å²) >= 11 is 0. The van der Waals surface area contributed by atoms with Gasteiger partial charge in [-0.1, -0.05) is 26.1 Å². The molecular weight excluding hydrogens is 176 g/mol. The molecule has 0 amide bonds. The number of carbonyl (C=O) groups is 1. The lowest BCUT2D eigenvalue weighted by molar-refractivity contribution is -0.115. The van der Waals surface area contributed by atoms with Gasteiger partial charge < -0.3 is 0 Å². The van der Waals surface area contributed by atoms with Gasteiger partial charge in [-0.05, 0) is 24.7 Å². The topological polar surface area (TPSA) is 17.1 Å². The average Bonchev–Trinajstić information content (AvgIpc) is 1.91. The molecule has 1 fully saturated rings. The van der Waals surface area contributed by atoms with E-state index >= 15 is 0 Å². The van der Waals surface area contributed by atoms with Crippen molar-refractivity contribution >= 4 is 13.9 Å². The van der Waals surface area contributed by atoms with Crippen molar-refractivity contribution < 1.29 is 4.79 Å². The minimum absolute atomic E-state index is 0.159. The van der Waals surface area contributed by atoms with Crippen molar-refractivity contribution in [3.05, 3.63) is 0 Å². The van der Waals surface area contributed by atoms with Crippen molar-refractivity contribution in [1.82, 2.24) is 0 Å². The zero-order valence-electron chi connectivity index (χ0n) is 8.81. The summed E-state index contributed by atoms with van der Waals surface area (Å²) in [4.78, 5) is 11.3. The van der Waals surface area contributed by atoms with Crippen LogP contribution < -0.4 is 0 Å². The Hall–Kier alpha value is -0.553. The minimum atomic E-state index is -1.35. The van der Waals surface area contributed by atoms with Gasteiger partial charge in [-0.2, -0.15) is 0 Å². The summed E-state index contributed by atoms with van der Waals surface area (Å²) in [5.41, 5.74) is 3.11. The Bertz CT molecular complexity index is 247. The Morgan fingerprint density at radius 2 is 2.00 bits per heavy atom. The Morgan fingerprint density at radius 3 is 2.38 bits per heavy atom. The Kier molecular flexibility index (Phi) is 3.32. The molecule has 1 aliphatic carbocycles. The van der Waals surface area contributed by atoms with E-state index in [0.29, 0.717) is 12.3 Å². The van der Waals surface area contributed by atoms with Gasteiger partial charge in [0.2, 0.25) is 5.78 Å². The van der Waals surface area contributed by atoms with Crippen LogP contribution in [0.1, 0.15) is 25.7 Å². The SMILES string of the molecule is C[Si](C)(C)C#CC(=O)CC1CCC1. The number of hydrogen-bond acceptors (Lipinski definition) is 1. The molecule has 0 heterocycles. The number of carbonyl (C=O) groups excluding carboxylic acids is 1. The Labute approximate surface area is 81.9 Å². The second kappa shape index (κ2) is 4.10. The van der Waals surface area contributed by atoms with Gasteiger partial charge in [-0.15, -0.1) is 5.54 Å². The maximum atomic E-state index is 11.3. The molecule has 0 aliphatic heterocycles. The van der Waals surface area contributed by atoms with Crippen LogP contribution in [0.15, 0.2) is 0 Å². The largest absolute Gasteiger partial charge is 0.285 e. The van der Waals surface area contributed by atoms with Crippen molar-refractivity contribution in [2.24, 2.45) is 5.92 Å². The molecule has 13 heavy (non-hydrogen) atoms. The third-order valence-electron chi connectivity index (χ3n) is 2.28. The first-order chi connectivity index (χ1) is 5.97. The average molecular weight is 194 g/mol. The van der Waals surface area contributed by atoms with Gasteiger partial charge in [-0.25, -0.2) is 0 Å². The molecule has 0 unspecified atom stereocenters. The van der Waals surface area contributed by atoms with Gasteiger partial charge in [0.25, 0.3) is 0 Å². The van der Waals surface area contributed by atoms with Crippen LogP contribution in [0.3, 0.4) is 0 Å². The fourth-order valence-electron chi connectivity index (χ4n) is 1.27. The van der Waals surface area contributed by atoms with Gasteiger partial charge in [0, 0.05) is 6.42 Å². The van der Waals surface area contributed by atoms with Crippen molar-refractivity contribution in [2.75, 3.05) is 0 Å². The zero-order chi connectivity index (χ0) is 9.90. The maximum Gasteiger partial charge on any atom is 0.205 e. The third-order valence-corrected chi connectivity index (χ3v) is 3.15. The van der Waals surface area contributed by atoms with Crippen LogP contribution in [0.2, 0.25) is 19.6 Å². The first kappa shape index (κ1) is 10.5. The standard InChI is InChI=1S/C11H18OSi/c1-13(2,3)8-7-11(12)9-10-5-4-6-10/h10H,4-6,9H2,1-3H3. The molecule has 0 atom stereocenters. The maximum absolute atomic E-state index is 11.3. The zero-order valence-corrected chi connectivity index (χ0v) is 9.81. The lowest BCUT2D eigenvalue weighted by Gasteiger charge is -2.23. The van der Waals surface area contributed by atoms with Crippen molar-refractivity contribution in [1.29, 1.82) is 0 Å². The third kappa shape index (κ3) is 4.28. The van der Waals surface area contributed by atoms with E-state index in [-0.39, 0.29) is 5.78 Å². The summed E-state index contributed by atoms with van der Waals surface area (Å²) in [5.74, 6) is 3.61. The number of hydrogen-bond donors (Lipinski definition) is 0. The highest BCUT2D eigenvalue weighted by atomic mass is 28.3. The molecule has 0 aromatic carbocycles. The molecule has 0 radical (unpaired) electrons. The van der Waals surface area contributed by atoms with Crippen molar-refractivity contribution in [3.8, 4) is 11.5 Å². The predicted octanol–water partition coefficient (Wildman–Crippen LogP) is 2.63. The first-order valence-corrected chi connectivity index (χ1v) is 8.53. The summed E-state index contributed by atoms with van der Waals surface area (Å²) in [6.07, 6.45) is 4.48. The van der Waals surface area contributed by atoms with E-state index in [1.54, 1.807) is 0 Å². The molecule has 0 aromatic rings. The van der Waals surface area contributed by atoms with E-state index in [1.165, 1.54) is 19.3 Å². The number of Topliss-reactive ketones (excluding diaryl/α,β-unsaturated/α-hetero) is 1.